The first-order chi connectivity index (χ1) is 8.52. The largest absolute Gasteiger partial charge is 0.480 e. The summed E-state index contributed by atoms with van der Waals surface area (Å²) in [5.74, 6) is -0.210. The van der Waals surface area contributed by atoms with E-state index in [2.05, 4.69) is 19.2 Å². The number of unbranched alkanes of at least 4 members (excludes halogenated alkanes) is 1. The molecule has 1 saturated heterocycles. The summed E-state index contributed by atoms with van der Waals surface area (Å²) in [5.41, 5.74) is 0. The zero-order chi connectivity index (χ0) is 13.5. The Bertz CT molecular complexity index is 292. The van der Waals surface area contributed by atoms with Crippen LogP contribution in [-0.4, -0.2) is 41.1 Å². The minimum Gasteiger partial charge on any atom is -0.480 e. The van der Waals surface area contributed by atoms with Gasteiger partial charge in [0.15, 0.2) is 0 Å². The van der Waals surface area contributed by atoms with Crippen LogP contribution in [-0.2, 0) is 4.79 Å². The van der Waals surface area contributed by atoms with Gasteiger partial charge in [0.2, 0.25) is 0 Å². The molecule has 1 rings (SSSR count). The number of urea groups is 1. The molecule has 104 valence electrons. The number of hydrogen-bond donors (Lipinski definition) is 2. The minimum absolute atomic E-state index is 0.232. The third kappa shape index (κ3) is 4.55. The molecule has 0 radical (unpaired) electrons. The summed E-state index contributed by atoms with van der Waals surface area (Å²) >= 11 is 0. The van der Waals surface area contributed by atoms with E-state index in [1.165, 1.54) is 4.90 Å². The number of likely N-dealkylation sites (tertiary alicyclic amines) is 1. The van der Waals surface area contributed by atoms with Crippen molar-refractivity contribution in [1.29, 1.82) is 0 Å². The van der Waals surface area contributed by atoms with E-state index in [0.717, 1.165) is 25.7 Å². The Hall–Kier alpha value is -1.26. The maximum Gasteiger partial charge on any atom is 0.326 e. The lowest BCUT2D eigenvalue weighted by molar-refractivity contribution is -0.141. The van der Waals surface area contributed by atoms with E-state index in [-0.39, 0.29) is 6.03 Å². The van der Waals surface area contributed by atoms with Crippen LogP contribution in [0, 0.1) is 5.92 Å². The van der Waals surface area contributed by atoms with Gasteiger partial charge in [-0.3, -0.25) is 0 Å². The van der Waals surface area contributed by atoms with Crippen LogP contribution in [0.1, 0.15) is 46.0 Å². The Labute approximate surface area is 109 Å². The molecule has 0 saturated carbocycles. The molecule has 18 heavy (non-hydrogen) atoms. The maximum absolute atomic E-state index is 11.8. The fraction of sp³-hybridized carbons (Fsp3) is 0.846. The van der Waals surface area contributed by atoms with Crippen molar-refractivity contribution in [1.82, 2.24) is 10.2 Å². The summed E-state index contributed by atoms with van der Waals surface area (Å²) in [6, 6.07) is -0.870. The number of amides is 2. The second kappa shape index (κ2) is 7.24. The monoisotopic (exact) mass is 256 g/mol. The van der Waals surface area contributed by atoms with Gasteiger partial charge in [-0.05, 0) is 25.2 Å². The third-order valence-electron chi connectivity index (χ3n) is 3.28. The summed E-state index contributed by atoms with van der Waals surface area (Å²) in [6.45, 7) is 5.55. The van der Waals surface area contributed by atoms with E-state index in [0.29, 0.717) is 25.4 Å². The first-order valence-corrected chi connectivity index (χ1v) is 6.79. The molecule has 0 bridgehead atoms. The predicted molar refractivity (Wildman–Crippen MR) is 69.5 cm³/mol. The number of hydrogen-bond acceptors (Lipinski definition) is 2. The predicted octanol–water partition coefficient (Wildman–Crippen LogP) is 2.07. The molecule has 1 heterocycles. The molecule has 0 aromatic carbocycles. The van der Waals surface area contributed by atoms with Crippen LogP contribution in [0.3, 0.4) is 0 Å². The van der Waals surface area contributed by atoms with Crippen molar-refractivity contribution in [2.24, 2.45) is 5.92 Å². The van der Waals surface area contributed by atoms with E-state index in [9.17, 15) is 9.59 Å². The van der Waals surface area contributed by atoms with Gasteiger partial charge in [-0.1, -0.05) is 26.7 Å². The van der Waals surface area contributed by atoms with E-state index in [4.69, 9.17) is 5.11 Å². The zero-order valence-electron chi connectivity index (χ0n) is 11.3. The highest BCUT2D eigenvalue weighted by atomic mass is 16.4. The number of carbonyl (C=O) groups is 2. The Morgan fingerprint density at radius 3 is 2.72 bits per heavy atom. The molecular weight excluding hydrogens is 232 g/mol. The third-order valence-corrected chi connectivity index (χ3v) is 3.28. The molecule has 1 aliphatic heterocycles. The van der Waals surface area contributed by atoms with Crippen molar-refractivity contribution in [3.63, 3.8) is 0 Å². The fourth-order valence-electron chi connectivity index (χ4n) is 2.24. The highest BCUT2D eigenvalue weighted by molar-refractivity contribution is 5.83. The van der Waals surface area contributed by atoms with Gasteiger partial charge in [0, 0.05) is 13.1 Å². The van der Waals surface area contributed by atoms with Crippen LogP contribution in [0.2, 0.25) is 0 Å². The van der Waals surface area contributed by atoms with Crippen molar-refractivity contribution < 1.29 is 14.7 Å². The first kappa shape index (κ1) is 14.8. The topological polar surface area (TPSA) is 69.6 Å². The summed E-state index contributed by atoms with van der Waals surface area (Å²) in [4.78, 5) is 24.2. The van der Waals surface area contributed by atoms with Crippen LogP contribution in [0.5, 0.6) is 0 Å². The number of carboxylic acid groups (broad SMARTS) is 1. The van der Waals surface area contributed by atoms with Crippen LogP contribution in [0.25, 0.3) is 0 Å². The van der Waals surface area contributed by atoms with Crippen molar-refractivity contribution >= 4 is 12.0 Å². The molecule has 0 aliphatic carbocycles. The number of nitrogens with zero attached hydrogens (tertiary/aromatic N) is 1. The lowest BCUT2D eigenvalue weighted by Gasteiger charge is -2.21. The second-order valence-corrected chi connectivity index (χ2v) is 5.31. The number of carbonyl (C=O) groups excluding carboxylic acids is 1. The number of nitrogens with one attached hydrogen (secondary N) is 1. The lowest BCUT2D eigenvalue weighted by atomic mass is 10.1. The molecule has 0 aromatic heterocycles. The summed E-state index contributed by atoms with van der Waals surface area (Å²) in [5, 5.41) is 11.8. The molecule has 1 fully saturated rings. The van der Waals surface area contributed by atoms with Crippen molar-refractivity contribution in [3.05, 3.63) is 0 Å². The van der Waals surface area contributed by atoms with Gasteiger partial charge >= 0.3 is 12.0 Å². The number of rotatable bonds is 6. The molecule has 2 amide bonds. The molecule has 0 spiro atoms. The van der Waals surface area contributed by atoms with Crippen LogP contribution < -0.4 is 5.32 Å². The molecule has 0 aromatic rings. The van der Waals surface area contributed by atoms with Crippen molar-refractivity contribution in [2.75, 3.05) is 13.1 Å². The molecule has 5 nitrogen and oxygen atoms in total. The quantitative estimate of drug-likeness (QED) is 0.715. The summed E-state index contributed by atoms with van der Waals surface area (Å²) in [7, 11) is 0. The average Bonchev–Trinajstić information content (AvgIpc) is 2.76. The van der Waals surface area contributed by atoms with E-state index in [1.807, 2.05) is 0 Å². The molecule has 0 unspecified atom stereocenters. The fourth-order valence-corrected chi connectivity index (χ4v) is 2.24. The zero-order valence-corrected chi connectivity index (χ0v) is 11.3. The van der Waals surface area contributed by atoms with Crippen molar-refractivity contribution in [3.8, 4) is 0 Å². The molecular formula is C13H24N2O3. The van der Waals surface area contributed by atoms with Crippen LogP contribution in [0.15, 0.2) is 0 Å². The summed E-state index contributed by atoms with van der Waals surface area (Å²) < 4.78 is 0. The molecule has 2 N–H and O–H groups in total. The van der Waals surface area contributed by atoms with E-state index < -0.39 is 12.0 Å². The van der Waals surface area contributed by atoms with Gasteiger partial charge in [-0.15, -0.1) is 0 Å². The maximum atomic E-state index is 11.8. The van der Waals surface area contributed by atoms with E-state index in [1.54, 1.807) is 0 Å². The standard InChI is InChI=1S/C13H24N2O3/c1-10(2)6-3-4-8-14-13(18)15-9-5-7-11(15)12(16)17/h10-11H,3-9H2,1-2H3,(H,14,18)(H,16,17)/t11-/m1/s1. The molecule has 5 heteroatoms. The van der Waals surface area contributed by atoms with Gasteiger partial charge in [0.05, 0.1) is 0 Å². The Balaban J connectivity index is 2.22. The SMILES string of the molecule is CC(C)CCCCNC(=O)N1CCC[C@@H]1C(=O)O. The van der Waals surface area contributed by atoms with Gasteiger partial charge in [0.1, 0.15) is 6.04 Å². The Kier molecular flexibility index (Phi) is 5.95. The minimum atomic E-state index is -0.901. The van der Waals surface area contributed by atoms with Crippen LogP contribution in [0.4, 0.5) is 4.79 Å². The van der Waals surface area contributed by atoms with Crippen LogP contribution >= 0.6 is 0 Å². The highest BCUT2D eigenvalue weighted by Gasteiger charge is 2.33. The van der Waals surface area contributed by atoms with Crippen molar-refractivity contribution in [2.45, 2.75) is 52.0 Å². The van der Waals surface area contributed by atoms with Gasteiger partial charge in [0.25, 0.3) is 0 Å². The smallest absolute Gasteiger partial charge is 0.326 e. The van der Waals surface area contributed by atoms with E-state index >= 15 is 0 Å². The van der Waals surface area contributed by atoms with Gasteiger partial charge < -0.3 is 15.3 Å². The Morgan fingerprint density at radius 1 is 1.39 bits per heavy atom. The average molecular weight is 256 g/mol. The van der Waals surface area contributed by atoms with Gasteiger partial charge in [-0.25, -0.2) is 9.59 Å². The highest BCUT2D eigenvalue weighted by Crippen LogP contribution is 2.17. The number of aliphatic carboxylic acids is 1. The summed E-state index contributed by atoms with van der Waals surface area (Å²) in [6.07, 6.45) is 4.56. The lowest BCUT2D eigenvalue weighted by Crippen LogP contribution is -2.46. The van der Waals surface area contributed by atoms with Gasteiger partial charge in [-0.2, -0.15) is 0 Å². The first-order valence-electron chi connectivity index (χ1n) is 6.79. The molecule has 1 atom stereocenters. The number of carboxylic acids is 1. The molecule has 1 aliphatic rings. The second-order valence-electron chi connectivity index (χ2n) is 5.31. The normalized spacial score (nSPS) is 19.3. The Morgan fingerprint density at radius 2 is 2.11 bits per heavy atom.